The van der Waals surface area contributed by atoms with Crippen LogP contribution in [0.4, 0.5) is 5.69 Å². The highest BCUT2D eigenvalue weighted by Crippen LogP contribution is 2.30. The number of carbonyl (C=O) groups excluding carboxylic acids is 1. The van der Waals surface area contributed by atoms with Gasteiger partial charge in [-0.2, -0.15) is 0 Å². The number of nitrogens with one attached hydrogen (secondary N) is 1. The third kappa shape index (κ3) is 3.39. The first-order valence-electron chi connectivity index (χ1n) is 6.67. The second kappa shape index (κ2) is 6.26. The summed E-state index contributed by atoms with van der Waals surface area (Å²) in [6.45, 7) is 0.537. The molecule has 1 aromatic rings. The van der Waals surface area contributed by atoms with E-state index in [9.17, 15) is 4.79 Å². The predicted molar refractivity (Wildman–Crippen MR) is 78.4 cm³/mol. The van der Waals surface area contributed by atoms with Crippen molar-refractivity contribution < 1.29 is 4.79 Å². The number of nitrogens with two attached hydrogens (primary N) is 2. The van der Waals surface area contributed by atoms with Gasteiger partial charge in [-0.05, 0) is 37.0 Å². The molecule has 104 valence electrons. The summed E-state index contributed by atoms with van der Waals surface area (Å²) in [7, 11) is 0. The van der Waals surface area contributed by atoms with E-state index in [0.29, 0.717) is 28.7 Å². The highest BCUT2D eigenvalue weighted by Gasteiger charge is 2.24. The molecule has 0 aliphatic heterocycles. The molecule has 1 fully saturated rings. The maximum atomic E-state index is 11.4. The van der Waals surface area contributed by atoms with Gasteiger partial charge in [-0.25, -0.2) is 0 Å². The molecular formula is C14H20ClN3O. The van der Waals surface area contributed by atoms with Gasteiger partial charge in [0, 0.05) is 23.3 Å². The molecule has 1 unspecified atom stereocenters. The Morgan fingerprint density at radius 3 is 2.68 bits per heavy atom. The van der Waals surface area contributed by atoms with Gasteiger partial charge in [-0.1, -0.05) is 24.4 Å². The van der Waals surface area contributed by atoms with E-state index < -0.39 is 5.91 Å². The van der Waals surface area contributed by atoms with Crippen LogP contribution < -0.4 is 16.8 Å². The minimum absolute atomic E-state index is 0.166. The van der Waals surface area contributed by atoms with Crippen molar-refractivity contribution in [2.75, 3.05) is 11.9 Å². The Labute approximate surface area is 118 Å². The van der Waals surface area contributed by atoms with Crippen molar-refractivity contribution in [2.24, 2.45) is 17.4 Å². The molecule has 19 heavy (non-hydrogen) atoms. The molecule has 0 spiro atoms. The topological polar surface area (TPSA) is 81.1 Å². The monoisotopic (exact) mass is 281 g/mol. The molecule has 5 N–H and O–H groups in total. The summed E-state index contributed by atoms with van der Waals surface area (Å²) in [4.78, 5) is 11.4. The lowest BCUT2D eigenvalue weighted by atomic mass is 9.97. The summed E-state index contributed by atoms with van der Waals surface area (Å²) in [6, 6.07) is 5.22. The average Bonchev–Trinajstić information content (AvgIpc) is 2.89. The van der Waals surface area contributed by atoms with Crippen molar-refractivity contribution in [3.8, 4) is 0 Å². The summed E-state index contributed by atoms with van der Waals surface area (Å²) < 4.78 is 0. The van der Waals surface area contributed by atoms with Gasteiger partial charge in [0.1, 0.15) is 0 Å². The quantitative estimate of drug-likeness (QED) is 0.775. The normalized spacial score (nSPS) is 17.4. The van der Waals surface area contributed by atoms with Crippen LogP contribution in [-0.4, -0.2) is 18.5 Å². The lowest BCUT2D eigenvalue weighted by Gasteiger charge is -2.25. The maximum absolute atomic E-state index is 11.4. The van der Waals surface area contributed by atoms with E-state index in [-0.39, 0.29) is 6.04 Å². The van der Waals surface area contributed by atoms with E-state index in [1.807, 2.05) is 0 Å². The Balaban J connectivity index is 2.20. The van der Waals surface area contributed by atoms with Gasteiger partial charge >= 0.3 is 0 Å². The average molecular weight is 282 g/mol. The largest absolute Gasteiger partial charge is 0.380 e. The minimum Gasteiger partial charge on any atom is -0.380 e. The zero-order chi connectivity index (χ0) is 13.8. The minimum atomic E-state index is -0.457. The summed E-state index contributed by atoms with van der Waals surface area (Å²) in [6.07, 6.45) is 4.87. The first-order valence-corrected chi connectivity index (χ1v) is 7.05. The van der Waals surface area contributed by atoms with Gasteiger partial charge in [0.15, 0.2) is 0 Å². The van der Waals surface area contributed by atoms with Gasteiger partial charge < -0.3 is 16.8 Å². The number of amides is 1. The van der Waals surface area contributed by atoms with Crippen molar-refractivity contribution in [3.05, 3.63) is 28.8 Å². The molecule has 0 heterocycles. The van der Waals surface area contributed by atoms with Crippen LogP contribution in [0.1, 0.15) is 36.0 Å². The molecule has 1 aromatic carbocycles. The molecule has 1 aliphatic rings. The second-order valence-corrected chi connectivity index (χ2v) is 5.52. The molecule has 0 bridgehead atoms. The fourth-order valence-corrected chi connectivity index (χ4v) is 2.95. The summed E-state index contributed by atoms with van der Waals surface area (Å²) in [5.41, 5.74) is 12.4. The number of anilines is 1. The Hall–Kier alpha value is -1.26. The molecular weight excluding hydrogens is 262 g/mol. The number of rotatable bonds is 5. The second-order valence-electron chi connectivity index (χ2n) is 5.09. The van der Waals surface area contributed by atoms with Crippen LogP contribution in [0.2, 0.25) is 5.02 Å². The summed E-state index contributed by atoms with van der Waals surface area (Å²) in [5, 5.41) is 3.93. The van der Waals surface area contributed by atoms with Gasteiger partial charge in [0.05, 0.1) is 5.56 Å². The van der Waals surface area contributed by atoms with Crippen LogP contribution >= 0.6 is 11.6 Å². The van der Waals surface area contributed by atoms with E-state index in [2.05, 4.69) is 5.32 Å². The van der Waals surface area contributed by atoms with Gasteiger partial charge in [-0.3, -0.25) is 4.79 Å². The molecule has 1 atom stereocenters. The summed E-state index contributed by atoms with van der Waals surface area (Å²) >= 11 is 5.98. The van der Waals surface area contributed by atoms with Crippen molar-refractivity contribution in [1.29, 1.82) is 0 Å². The molecule has 4 nitrogen and oxygen atoms in total. The van der Waals surface area contributed by atoms with Crippen molar-refractivity contribution in [3.63, 3.8) is 0 Å². The number of primary amides is 1. The SMILES string of the molecule is NCC(Nc1cc(Cl)ccc1C(N)=O)C1CCCC1. The first-order chi connectivity index (χ1) is 9.11. The Morgan fingerprint density at radius 1 is 1.42 bits per heavy atom. The van der Waals surface area contributed by atoms with Crippen LogP contribution in [0, 0.1) is 5.92 Å². The van der Waals surface area contributed by atoms with E-state index >= 15 is 0 Å². The fourth-order valence-electron chi connectivity index (χ4n) is 2.78. The van der Waals surface area contributed by atoms with Crippen molar-refractivity contribution in [2.45, 2.75) is 31.7 Å². The highest BCUT2D eigenvalue weighted by molar-refractivity contribution is 6.31. The maximum Gasteiger partial charge on any atom is 0.250 e. The summed E-state index contributed by atoms with van der Waals surface area (Å²) in [5.74, 6) is 0.103. The fraction of sp³-hybridized carbons (Fsp3) is 0.500. The highest BCUT2D eigenvalue weighted by atomic mass is 35.5. The molecule has 2 rings (SSSR count). The molecule has 0 radical (unpaired) electrons. The smallest absolute Gasteiger partial charge is 0.250 e. The van der Waals surface area contributed by atoms with Gasteiger partial charge in [-0.15, -0.1) is 0 Å². The van der Waals surface area contributed by atoms with E-state index in [1.54, 1.807) is 18.2 Å². The Bertz CT molecular complexity index is 458. The molecule has 0 saturated heterocycles. The third-order valence-electron chi connectivity index (χ3n) is 3.81. The first kappa shape index (κ1) is 14.2. The number of benzene rings is 1. The molecule has 0 aromatic heterocycles. The van der Waals surface area contributed by atoms with Crippen LogP contribution in [0.25, 0.3) is 0 Å². The zero-order valence-electron chi connectivity index (χ0n) is 10.9. The number of carbonyl (C=O) groups is 1. The molecule has 5 heteroatoms. The molecule has 1 aliphatic carbocycles. The zero-order valence-corrected chi connectivity index (χ0v) is 11.6. The third-order valence-corrected chi connectivity index (χ3v) is 4.05. The van der Waals surface area contributed by atoms with Gasteiger partial charge in [0.2, 0.25) is 0 Å². The van der Waals surface area contributed by atoms with E-state index in [1.165, 1.54) is 25.7 Å². The predicted octanol–water partition coefficient (Wildman–Crippen LogP) is 2.37. The lowest BCUT2D eigenvalue weighted by Crippen LogP contribution is -2.35. The number of hydrogen-bond donors (Lipinski definition) is 3. The number of halogens is 1. The van der Waals surface area contributed by atoms with Crippen molar-refractivity contribution >= 4 is 23.2 Å². The number of hydrogen-bond acceptors (Lipinski definition) is 3. The van der Waals surface area contributed by atoms with E-state index in [4.69, 9.17) is 23.1 Å². The molecule has 1 amide bonds. The van der Waals surface area contributed by atoms with Crippen molar-refractivity contribution in [1.82, 2.24) is 0 Å². The van der Waals surface area contributed by atoms with Crippen LogP contribution in [0.5, 0.6) is 0 Å². The van der Waals surface area contributed by atoms with Crippen LogP contribution in [-0.2, 0) is 0 Å². The Morgan fingerprint density at radius 2 is 2.11 bits per heavy atom. The van der Waals surface area contributed by atoms with Crippen LogP contribution in [0.3, 0.4) is 0 Å². The standard InChI is InChI=1S/C14H20ClN3O/c15-10-5-6-11(14(17)19)12(7-10)18-13(8-16)9-3-1-2-4-9/h5-7,9,13,18H,1-4,8,16H2,(H2,17,19). The Kier molecular flexibility index (Phi) is 4.66. The van der Waals surface area contributed by atoms with E-state index in [0.717, 1.165) is 0 Å². The van der Waals surface area contributed by atoms with Gasteiger partial charge in [0.25, 0.3) is 5.91 Å². The lowest BCUT2D eigenvalue weighted by molar-refractivity contribution is 0.100. The van der Waals surface area contributed by atoms with Crippen LogP contribution in [0.15, 0.2) is 18.2 Å². The molecule has 1 saturated carbocycles.